The van der Waals surface area contributed by atoms with Gasteiger partial charge in [-0.2, -0.15) is 0 Å². The van der Waals surface area contributed by atoms with E-state index in [1.807, 2.05) is 25.1 Å². The van der Waals surface area contributed by atoms with Gasteiger partial charge in [0.15, 0.2) is 0 Å². The lowest BCUT2D eigenvalue weighted by molar-refractivity contribution is 0.0940. The van der Waals surface area contributed by atoms with Gasteiger partial charge in [-0.05, 0) is 49.2 Å². The number of hydrogen-bond donors (Lipinski definition) is 1. The number of nitrogens with one attached hydrogen (secondary N) is 1. The summed E-state index contributed by atoms with van der Waals surface area (Å²) >= 11 is 0. The number of anilines is 2. The van der Waals surface area contributed by atoms with Crippen LogP contribution < -0.4 is 15.1 Å². The highest BCUT2D eigenvalue weighted by molar-refractivity contribution is 5.95. The molecule has 4 rings (SSSR count). The zero-order chi connectivity index (χ0) is 20.9. The number of benzene rings is 2. The first-order valence-electron chi connectivity index (χ1n) is 10.8. The average Bonchev–Trinajstić information content (AvgIpc) is 2.80. The van der Waals surface area contributed by atoms with E-state index in [-0.39, 0.29) is 11.9 Å². The van der Waals surface area contributed by atoms with Crippen molar-refractivity contribution in [3.63, 3.8) is 0 Å². The summed E-state index contributed by atoms with van der Waals surface area (Å²) in [5.74, 6) is -0.0470. The average molecular weight is 410 g/mol. The molecular formula is C24H31N3O3. The van der Waals surface area contributed by atoms with Crippen LogP contribution in [-0.2, 0) is 9.47 Å². The largest absolute Gasteiger partial charge is 0.378 e. The minimum absolute atomic E-state index is 0.0470. The van der Waals surface area contributed by atoms with Gasteiger partial charge in [0.05, 0.1) is 32.5 Å². The predicted molar refractivity (Wildman–Crippen MR) is 120 cm³/mol. The standard InChI is InChI=1S/C24H31N3O3/c1-18-3-4-21(17-23(18)27-11-15-30-16-12-27)24(28)25-19(2)20-5-7-22(8-6-20)26-9-13-29-14-10-26/h3-8,17,19H,9-16H2,1-2H3,(H,25,28)/t19-/m0/s1. The van der Waals surface area contributed by atoms with E-state index in [4.69, 9.17) is 9.47 Å². The molecule has 30 heavy (non-hydrogen) atoms. The highest BCUT2D eigenvalue weighted by Gasteiger charge is 2.18. The van der Waals surface area contributed by atoms with Gasteiger partial charge in [-0.25, -0.2) is 0 Å². The van der Waals surface area contributed by atoms with Crippen molar-refractivity contribution in [3.05, 3.63) is 59.2 Å². The Kier molecular flexibility index (Phi) is 6.55. The lowest BCUT2D eigenvalue weighted by Gasteiger charge is -2.30. The molecule has 2 aromatic rings. The van der Waals surface area contributed by atoms with Gasteiger partial charge in [-0.3, -0.25) is 4.79 Å². The number of rotatable bonds is 5. The van der Waals surface area contributed by atoms with Crippen LogP contribution in [0.5, 0.6) is 0 Å². The van der Waals surface area contributed by atoms with Crippen LogP contribution in [0, 0.1) is 6.92 Å². The predicted octanol–water partition coefficient (Wildman–Crippen LogP) is 3.16. The summed E-state index contributed by atoms with van der Waals surface area (Å²) in [6.45, 7) is 10.7. The maximum atomic E-state index is 12.9. The van der Waals surface area contributed by atoms with Crippen LogP contribution in [0.15, 0.2) is 42.5 Å². The molecule has 160 valence electrons. The lowest BCUT2D eigenvalue weighted by atomic mass is 10.1. The maximum absolute atomic E-state index is 12.9. The van der Waals surface area contributed by atoms with Crippen molar-refractivity contribution in [1.82, 2.24) is 5.32 Å². The highest BCUT2D eigenvalue weighted by atomic mass is 16.5. The van der Waals surface area contributed by atoms with E-state index < -0.39 is 0 Å². The van der Waals surface area contributed by atoms with Gasteiger partial charge in [0.2, 0.25) is 0 Å². The first kappa shape index (κ1) is 20.7. The lowest BCUT2D eigenvalue weighted by Crippen LogP contribution is -2.37. The van der Waals surface area contributed by atoms with Crippen molar-refractivity contribution in [2.75, 3.05) is 62.4 Å². The summed E-state index contributed by atoms with van der Waals surface area (Å²) in [5, 5.41) is 3.15. The van der Waals surface area contributed by atoms with E-state index in [1.165, 1.54) is 11.3 Å². The van der Waals surface area contributed by atoms with Gasteiger partial charge in [0, 0.05) is 43.1 Å². The Labute approximate surface area is 178 Å². The molecule has 2 aliphatic rings. The molecule has 2 aliphatic heterocycles. The van der Waals surface area contributed by atoms with Crippen LogP contribution in [0.2, 0.25) is 0 Å². The zero-order valence-electron chi connectivity index (χ0n) is 17.9. The van der Waals surface area contributed by atoms with Crippen molar-refractivity contribution in [2.45, 2.75) is 19.9 Å². The van der Waals surface area contributed by atoms with Crippen LogP contribution >= 0.6 is 0 Å². The van der Waals surface area contributed by atoms with E-state index in [9.17, 15) is 4.79 Å². The Balaban J connectivity index is 1.41. The first-order chi connectivity index (χ1) is 14.6. The molecule has 1 amide bonds. The van der Waals surface area contributed by atoms with Gasteiger partial charge in [0.1, 0.15) is 0 Å². The van der Waals surface area contributed by atoms with E-state index in [1.54, 1.807) is 0 Å². The van der Waals surface area contributed by atoms with Gasteiger partial charge in [-0.1, -0.05) is 18.2 Å². The van der Waals surface area contributed by atoms with E-state index in [0.717, 1.165) is 63.9 Å². The number of nitrogens with zero attached hydrogens (tertiary/aromatic N) is 2. The van der Waals surface area contributed by atoms with Crippen molar-refractivity contribution in [1.29, 1.82) is 0 Å². The maximum Gasteiger partial charge on any atom is 0.251 e. The third kappa shape index (κ3) is 4.77. The number of carbonyl (C=O) groups is 1. The minimum Gasteiger partial charge on any atom is -0.378 e. The summed E-state index contributed by atoms with van der Waals surface area (Å²) in [7, 11) is 0. The Morgan fingerprint density at radius 3 is 2.13 bits per heavy atom. The molecule has 0 aliphatic carbocycles. The van der Waals surface area contributed by atoms with Gasteiger partial charge < -0.3 is 24.6 Å². The molecule has 2 fully saturated rings. The normalized spacial score (nSPS) is 18.2. The van der Waals surface area contributed by atoms with Crippen LogP contribution in [0.1, 0.15) is 34.5 Å². The molecule has 2 heterocycles. The number of morpholine rings is 2. The van der Waals surface area contributed by atoms with E-state index >= 15 is 0 Å². The molecule has 6 heteroatoms. The fraction of sp³-hybridized carbons (Fsp3) is 0.458. The van der Waals surface area contributed by atoms with Gasteiger partial charge in [0.25, 0.3) is 5.91 Å². The zero-order valence-corrected chi connectivity index (χ0v) is 17.9. The monoisotopic (exact) mass is 409 g/mol. The number of aryl methyl sites for hydroxylation is 1. The second-order valence-corrected chi connectivity index (χ2v) is 7.99. The van der Waals surface area contributed by atoms with Crippen LogP contribution in [0.25, 0.3) is 0 Å². The quantitative estimate of drug-likeness (QED) is 0.822. The Bertz CT molecular complexity index is 856. The highest BCUT2D eigenvalue weighted by Crippen LogP contribution is 2.24. The SMILES string of the molecule is Cc1ccc(C(=O)N[C@@H](C)c2ccc(N3CCOCC3)cc2)cc1N1CCOCC1. The molecule has 0 bridgehead atoms. The molecule has 6 nitrogen and oxygen atoms in total. The van der Waals surface area contributed by atoms with Crippen LogP contribution in [-0.4, -0.2) is 58.5 Å². The summed E-state index contributed by atoms with van der Waals surface area (Å²) in [4.78, 5) is 17.5. The molecule has 2 aromatic carbocycles. The third-order valence-electron chi connectivity index (χ3n) is 5.94. The summed E-state index contributed by atoms with van der Waals surface area (Å²) in [5.41, 5.74) is 5.29. The molecular weight excluding hydrogens is 378 g/mol. The van der Waals surface area contributed by atoms with Crippen molar-refractivity contribution in [2.24, 2.45) is 0 Å². The molecule has 0 spiro atoms. The van der Waals surface area contributed by atoms with Crippen LogP contribution in [0.3, 0.4) is 0 Å². The summed E-state index contributed by atoms with van der Waals surface area (Å²) < 4.78 is 10.9. The second-order valence-electron chi connectivity index (χ2n) is 7.99. The number of amides is 1. The van der Waals surface area contributed by atoms with Crippen molar-refractivity contribution >= 4 is 17.3 Å². The number of ether oxygens (including phenoxy) is 2. The Hall–Kier alpha value is -2.57. The summed E-state index contributed by atoms with van der Waals surface area (Å²) in [6.07, 6.45) is 0. The molecule has 0 saturated carbocycles. The van der Waals surface area contributed by atoms with E-state index in [2.05, 4.69) is 46.3 Å². The smallest absolute Gasteiger partial charge is 0.251 e. The molecule has 0 aromatic heterocycles. The summed E-state index contributed by atoms with van der Waals surface area (Å²) in [6, 6.07) is 14.3. The van der Waals surface area contributed by atoms with Gasteiger partial charge in [-0.15, -0.1) is 0 Å². The van der Waals surface area contributed by atoms with Crippen molar-refractivity contribution in [3.8, 4) is 0 Å². The molecule has 1 N–H and O–H groups in total. The van der Waals surface area contributed by atoms with Crippen LogP contribution in [0.4, 0.5) is 11.4 Å². The molecule has 2 saturated heterocycles. The Morgan fingerprint density at radius 2 is 1.50 bits per heavy atom. The fourth-order valence-corrected chi connectivity index (χ4v) is 4.05. The molecule has 0 unspecified atom stereocenters. The van der Waals surface area contributed by atoms with E-state index in [0.29, 0.717) is 5.56 Å². The molecule has 1 atom stereocenters. The molecule has 0 radical (unpaired) electrons. The minimum atomic E-state index is -0.0654. The second kappa shape index (κ2) is 9.49. The fourth-order valence-electron chi connectivity index (χ4n) is 4.05. The number of hydrogen-bond acceptors (Lipinski definition) is 5. The van der Waals surface area contributed by atoms with Gasteiger partial charge >= 0.3 is 0 Å². The first-order valence-corrected chi connectivity index (χ1v) is 10.8. The topological polar surface area (TPSA) is 54.0 Å². The Morgan fingerprint density at radius 1 is 0.900 bits per heavy atom. The number of carbonyl (C=O) groups excluding carboxylic acids is 1. The third-order valence-corrected chi connectivity index (χ3v) is 5.94. The van der Waals surface area contributed by atoms with Crippen molar-refractivity contribution < 1.29 is 14.3 Å².